The molecule has 12 heteroatoms. The van der Waals surface area contributed by atoms with Gasteiger partial charge in [-0.2, -0.15) is 4.68 Å². The molecule has 32 heavy (non-hydrogen) atoms. The van der Waals surface area contributed by atoms with Crippen LogP contribution in [0.15, 0.2) is 48.5 Å². The molecule has 0 atom stereocenters. The second-order valence-corrected chi connectivity index (χ2v) is 7.14. The minimum atomic E-state index is -0.567. The number of nitrogens with one attached hydrogen (secondary N) is 1. The first-order chi connectivity index (χ1) is 15.2. The van der Waals surface area contributed by atoms with Crippen molar-refractivity contribution < 1.29 is 19.4 Å². The number of ether oxygens (including phenoxy) is 1. The van der Waals surface area contributed by atoms with Crippen LogP contribution in [-0.4, -0.2) is 32.1 Å². The number of hydrogen-bond acceptors (Lipinski definition) is 7. The number of hydrogen-bond donors (Lipinski definition) is 1. The lowest BCUT2D eigenvalue weighted by molar-refractivity contribution is -0.389. The van der Waals surface area contributed by atoms with Crippen LogP contribution in [-0.2, 0) is 13.2 Å². The van der Waals surface area contributed by atoms with E-state index in [0.29, 0.717) is 23.6 Å². The maximum absolute atomic E-state index is 12.3. The van der Waals surface area contributed by atoms with Gasteiger partial charge >= 0.3 is 5.82 Å². The van der Waals surface area contributed by atoms with E-state index in [9.17, 15) is 25.0 Å². The highest BCUT2D eigenvalue weighted by Crippen LogP contribution is 2.29. The second-order valence-electron chi connectivity index (χ2n) is 6.74. The molecule has 166 valence electrons. The Labute approximate surface area is 186 Å². The minimum absolute atomic E-state index is 0.126. The number of nitrogens with zero attached hydrogens (tertiary/aromatic N) is 4. The number of nitro benzene ring substituents is 1. The van der Waals surface area contributed by atoms with Gasteiger partial charge in [0, 0.05) is 24.2 Å². The number of amides is 1. The molecule has 1 heterocycles. The summed E-state index contributed by atoms with van der Waals surface area (Å²) in [7, 11) is 0. The van der Waals surface area contributed by atoms with Crippen LogP contribution in [0.2, 0.25) is 5.02 Å². The van der Waals surface area contributed by atoms with Crippen molar-refractivity contribution in [3.8, 4) is 5.75 Å². The monoisotopic (exact) mass is 459 g/mol. The van der Waals surface area contributed by atoms with Gasteiger partial charge < -0.3 is 20.2 Å². The molecule has 1 aromatic heterocycles. The van der Waals surface area contributed by atoms with Gasteiger partial charge in [0.15, 0.2) is 0 Å². The molecule has 0 aliphatic carbocycles. The number of carbonyl (C=O) groups is 1. The number of carbonyl (C=O) groups excluding carboxylic acids is 1. The van der Waals surface area contributed by atoms with Gasteiger partial charge in [0.25, 0.3) is 11.6 Å². The van der Waals surface area contributed by atoms with Crippen LogP contribution in [0.5, 0.6) is 5.75 Å². The highest BCUT2D eigenvalue weighted by atomic mass is 35.5. The number of halogens is 1. The third-order valence-electron chi connectivity index (χ3n) is 4.50. The van der Waals surface area contributed by atoms with E-state index in [1.54, 1.807) is 31.2 Å². The summed E-state index contributed by atoms with van der Waals surface area (Å²) in [5, 5.41) is 28.3. The number of non-ortho nitro benzene ring substituents is 1. The van der Waals surface area contributed by atoms with Crippen LogP contribution in [0.3, 0.4) is 0 Å². The van der Waals surface area contributed by atoms with Gasteiger partial charge in [0.1, 0.15) is 12.4 Å². The lowest BCUT2D eigenvalue weighted by atomic mass is 10.1. The summed E-state index contributed by atoms with van der Waals surface area (Å²) in [4.78, 5) is 32.7. The average Bonchev–Trinajstić information content (AvgIpc) is 3.14. The molecule has 11 nitrogen and oxygen atoms in total. The van der Waals surface area contributed by atoms with Gasteiger partial charge in [0.05, 0.1) is 33.3 Å². The summed E-state index contributed by atoms with van der Waals surface area (Å²) in [5.41, 5.74) is 1.71. The van der Waals surface area contributed by atoms with E-state index >= 15 is 0 Å². The van der Waals surface area contributed by atoms with Gasteiger partial charge in [-0.1, -0.05) is 23.7 Å². The molecule has 1 N–H and O–H groups in total. The van der Waals surface area contributed by atoms with E-state index in [4.69, 9.17) is 16.3 Å². The van der Waals surface area contributed by atoms with Crippen molar-refractivity contribution in [1.29, 1.82) is 0 Å². The average molecular weight is 460 g/mol. The molecule has 0 radical (unpaired) electrons. The fourth-order valence-corrected chi connectivity index (χ4v) is 3.05. The van der Waals surface area contributed by atoms with E-state index < -0.39 is 9.85 Å². The third-order valence-corrected chi connectivity index (χ3v) is 4.80. The number of nitro groups is 2. The van der Waals surface area contributed by atoms with Crippen molar-refractivity contribution >= 4 is 29.0 Å². The highest BCUT2D eigenvalue weighted by molar-refractivity contribution is 6.32. The predicted molar refractivity (Wildman–Crippen MR) is 115 cm³/mol. The molecule has 0 saturated carbocycles. The van der Waals surface area contributed by atoms with Crippen molar-refractivity contribution in [2.75, 3.05) is 6.54 Å². The van der Waals surface area contributed by atoms with Crippen LogP contribution in [0.25, 0.3) is 0 Å². The highest BCUT2D eigenvalue weighted by Gasteiger charge is 2.15. The number of aromatic nitrogens is 2. The molecular weight excluding hydrogens is 442 g/mol. The Morgan fingerprint density at radius 2 is 1.84 bits per heavy atom. The Morgan fingerprint density at radius 3 is 2.44 bits per heavy atom. The van der Waals surface area contributed by atoms with Gasteiger partial charge in [0.2, 0.25) is 0 Å². The van der Waals surface area contributed by atoms with Crippen LogP contribution >= 0.6 is 11.6 Å². The summed E-state index contributed by atoms with van der Waals surface area (Å²) >= 11 is 6.00. The van der Waals surface area contributed by atoms with Crippen LogP contribution < -0.4 is 10.1 Å². The summed E-state index contributed by atoms with van der Waals surface area (Å²) in [5.74, 6) is -0.218. The zero-order chi connectivity index (χ0) is 23.3. The van der Waals surface area contributed by atoms with Crippen molar-refractivity contribution in [1.82, 2.24) is 15.1 Å². The van der Waals surface area contributed by atoms with Gasteiger partial charge in [-0.25, -0.2) is 0 Å². The Bertz CT molecular complexity index is 1160. The molecule has 2 aromatic carbocycles. The van der Waals surface area contributed by atoms with Crippen LogP contribution in [0.1, 0.15) is 21.6 Å². The summed E-state index contributed by atoms with van der Waals surface area (Å²) in [6.45, 7) is 2.42. The van der Waals surface area contributed by atoms with E-state index in [-0.39, 0.29) is 35.6 Å². The Morgan fingerprint density at radius 1 is 1.12 bits per heavy atom. The lowest BCUT2D eigenvalue weighted by Gasteiger charge is -2.09. The number of aryl methyl sites for hydroxylation is 1. The van der Waals surface area contributed by atoms with Crippen molar-refractivity contribution in [2.45, 2.75) is 20.1 Å². The quantitative estimate of drug-likeness (QED) is 0.379. The zero-order valence-electron chi connectivity index (χ0n) is 16.9. The Kier molecular flexibility index (Phi) is 7.00. The number of benzene rings is 2. The Hall–Kier alpha value is -3.99. The maximum Gasteiger partial charge on any atom is 0.390 e. The summed E-state index contributed by atoms with van der Waals surface area (Å²) in [6, 6.07) is 12.0. The topological polar surface area (TPSA) is 142 Å². The zero-order valence-corrected chi connectivity index (χ0v) is 17.6. The molecule has 0 aliphatic heterocycles. The predicted octanol–water partition coefficient (Wildman–Crippen LogP) is 3.67. The third kappa shape index (κ3) is 5.58. The largest absolute Gasteiger partial charge is 0.487 e. The molecular formula is C20H18ClN5O6. The Balaban J connectivity index is 1.51. The van der Waals surface area contributed by atoms with Crippen molar-refractivity contribution in [3.05, 3.63) is 90.6 Å². The number of rotatable bonds is 9. The molecule has 1 amide bonds. The fourth-order valence-electron chi connectivity index (χ4n) is 2.82. The van der Waals surface area contributed by atoms with Crippen LogP contribution in [0.4, 0.5) is 11.5 Å². The first-order valence-corrected chi connectivity index (χ1v) is 9.75. The molecule has 3 aromatic rings. The molecule has 0 bridgehead atoms. The molecule has 0 unspecified atom stereocenters. The fraction of sp³-hybridized carbons (Fsp3) is 0.200. The van der Waals surface area contributed by atoms with Crippen molar-refractivity contribution in [2.24, 2.45) is 0 Å². The van der Waals surface area contributed by atoms with Crippen molar-refractivity contribution in [3.63, 3.8) is 0 Å². The van der Waals surface area contributed by atoms with E-state index in [1.807, 2.05) is 0 Å². The maximum atomic E-state index is 12.3. The SMILES string of the molecule is Cc1cc([N+](=O)[O-])nn1CCNC(=O)c1ccc(COc2ccc([N+](=O)[O-])cc2Cl)cc1. The first kappa shape index (κ1) is 22.7. The lowest BCUT2D eigenvalue weighted by Crippen LogP contribution is -2.27. The molecule has 0 spiro atoms. The van der Waals surface area contributed by atoms with Gasteiger partial charge in [-0.3, -0.25) is 14.9 Å². The van der Waals surface area contributed by atoms with Gasteiger partial charge in [-0.05, 0) is 35.6 Å². The minimum Gasteiger partial charge on any atom is -0.487 e. The molecule has 3 rings (SSSR count). The second kappa shape index (κ2) is 9.88. The van der Waals surface area contributed by atoms with E-state index in [1.165, 1.54) is 28.9 Å². The molecule has 0 aliphatic rings. The molecule has 0 fully saturated rings. The van der Waals surface area contributed by atoms with E-state index in [0.717, 1.165) is 5.56 Å². The standard InChI is InChI=1S/C20H18ClN5O6/c1-13-10-19(26(30)31)23-24(13)9-8-22-20(27)15-4-2-14(3-5-15)12-32-18-7-6-16(25(28)29)11-17(18)21/h2-7,10-11H,8-9,12H2,1H3,(H,22,27). The van der Waals surface area contributed by atoms with Gasteiger partial charge in [-0.15, -0.1) is 0 Å². The summed E-state index contributed by atoms with van der Waals surface area (Å²) < 4.78 is 7.05. The first-order valence-electron chi connectivity index (χ1n) is 9.37. The smallest absolute Gasteiger partial charge is 0.390 e. The van der Waals surface area contributed by atoms with Crippen LogP contribution in [0, 0.1) is 27.2 Å². The summed E-state index contributed by atoms with van der Waals surface area (Å²) in [6.07, 6.45) is 0. The molecule has 0 saturated heterocycles. The van der Waals surface area contributed by atoms with E-state index in [2.05, 4.69) is 10.4 Å². The normalized spacial score (nSPS) is 10.6.